The first-order chi connectivity index (χ1) is 0. The predicted octanol–water partition coefficient (Wildman–Crippen LogP) is -0.00750. The molecule has 0 bridgehead atoms. The zero-order valence-corrected chi connectivity index (χ0v) is 9.10. The Balaban J connectivity index is 0. The second-order valence-corrected chi connectivity index (χ2v) is 0. The van der Waals surface area contributed by atoms with Gasteiger partial charge in [0, 0.05) is 99.1 Å². The quantitative estimate of drug-likeness (QED) is 0.551. The third kappa shape index (κ3) is 8.96. The summed E-state index contributed by atoms with van der Waals surface area (Å²) in [6.45, 7) is 0. The van der Waals surface area contributed by atoms with Crippen LogP contribution < -0.4 is 0 Å². The van der Waals surface area contributed by atoms with Crippen LogP contribution in [0.15, 0.2) is 0 Å². The molecule has 20 valence electrons. The van der Waals surface area contributed by atoms with E-state index in [4.69, 9.17) is 0 Å². The fourth-order valence-electron chi connectivity index (χ4n) is 0. The van der Waals surface area contributed by atoms with Gasteiger partial charge in [0.25, 0.3) is 0 Å². The largest absolute Gasteiger partial charge is 0 e. The van der Waals surface area contributed by atoms with E-state index in [1.165, 1.54) is 0 Å². The Bertz CT molecular complexity index is 8.00. The second-order valence-electron chi connectivity index (χ2n) is 0. The van der Waals surface area contributed by atoms with Gasteiger partial charge < -0.3 is 0 Å². The first kappa shape index (κ1) is 27.1. The molecular formula is CeMnTiV. The molecule has 0 aromatic heterocycles. The van der Waals surface area contributed by atoms with Gasteiger partial charge in [0.05, 0.1) is 0 Å². The van der Waals surface area contributed by atoms with E-state index >= 15 is 0 Å². The van der Waals surface area contributed by atoms with Crippen LogP contribution in [0.4, 0.5) is 0 Å². The van der Waals surface area contributed by atoms with Crippen LogP contribution >= 0.6 is 0 Å². The van der Waals surface area contributed by atoms with E-state index in [1.807, 2.05) is 0 Å². The van der Waals surface area contributed by atoms with Gasteiger partial charge in [0.1, 0.15) is 0 Å². The zero-order valence-electron chi connectivity index (χ0n) is 1.83. The summed E-state index contributed by atoms with van der Waals surface area (Å²) < 4.78 is 0. The van der Waals surface area contributed by atoms with E-state index in [0.717, 1.165) is 0 Å². The average molecular weight is 294 g/mol. The molecule has 0 amide bonds. The van der Waals surface area contributed by atoms with E-state index in [9.17, 15) is 0 Å². The van der Waals surface area contributed by atoms with Crippen LogP contribution in [0.25, 0.3) is 0 Å². The van der Waals surface area contributed by atoms with Crippen LogP contribution in [0.5, 0.6) is 0 Å². The Kier molecular flexibility index (Phi) is 111. The molecule has 0 aliphatic carbocycles. The minimum atomic E-state index is 0. The predicted molar refractivity (Wildman–Crippen MR) is 0 cm³/mol. The molecule has 0 N–H and O–H groups in total. The molecule has 0 spiro atoms. The molecule has 0 heterocycles. The van der Waals surface area contributed by atoms with Crippen molar-refractivity contribution >= 4 is 0 Å². The van der Waals surface area contributed by atoms with Gasteiger partial charge in [-0.3, -0.25) is 0 Å². The normalized spacial score (nSPS) is 0. The van der Waals surface area contributed by atoms with Crippen molar-refractivity contribution in [1.82, 2.24) is 0 Å². The minimum absolute atomic E-state index is 0. The summed E-state index contributed by atoms with van der Waals surface area (Å²) in [5, 5.41) is 0. The second kappa shape index (κ2) is 16.4. The molecule has 2 radical (unpaired) electrons. The Morgan fingerprint density at radius 3 is 1.00 bits per heavy atom. The van der Waals surface area contributed by atoms with Crippen LogP contribution in [0.3, 0.4) is 0 Å². The molecule has 4 heteroatoms. The molecule has 0 aromatic rings. The molecule has 0 saturated carbocycles. The average Bonchev–Trinajstić information content (AvgIpc) is 0. The molecule has 0 unspecified atom stereocenters. The van der Waals surface area contributed by atoms with Crippen molar-refractivity contribution in [1.29, 1.82) is 0 Å². The number of hydrogen-bond donors (Lipinski definition) is 0. The van der Waals surface area contributed by atoms with Gasteiger partial charge in [0.2, 0.25) is 0 Å². The smallest absolute Gasteiger partial charge is 0 e. The Morgan fingerprint density at radius 1 is 1.00 bits per heavy atom. The number of hydrogen-bond acceptors (Lipinski definition) is 0. The zero-order chi connectivity index (χ0) is 0. The fraction of sp³-hybridized carbons (Fsp3) is 0. The van der Waals surface area contributed by atoms with E-state index < -0.39 is 0 Å². The van der Waals surface area contributed by atoms with Crippen LogP contribution in [-0.4, -0.2) is 0 Å². The Labute approximate surface area is 96.9 Å². The molecule has 0 aromatic carbocycles. The van der Waals surface area contributed by atoms with Gasteiger partial charge in [0.15, 0.2) is 0 Å². The molecule has 0 saturated heterocycles. The maximum atomic E-state index is 0. The van der Waals surface area contributed by atoms with Gasteiger partial charge in [-0.15, -0.1) is 0 Å². The van der Waals surface area contributed by atoms with Crippen molar-refractivity contribution < 1.29 is 99.1 Å². The van der Waals surface area contributed by atoms with Crippen molar-refractivity contribution in [3.8, 4) is 0 Å². The summed E-state index contributed by atoms with van der Waals surface area (Å²) in [6.07, 6.45) is 0. The SMILES string of the molecule is [Ce].[Mn].[Ti].[V]. The molecule has 0 fully saturated rings. The Hall–Kier alpha value is 3.19. The molecule has 0 nitrogen and oxygen atoms in total. The summed E-state index contributed by atoms with van der Waals surface area (Å²) >= 11 is 0. The first-order valence-corrected chi connectivity index (χ1v) is 0. The first-order valence-electron chi connectivity index (χ1n) is 0. The van der Waals surface area contributed by atoms with Crippen LogP contribution in [0.1, 0.15) is 0 Å². The molecule has 0 atom stereocenters. The fourth-order valence-corrected chi connectivity index (χ4v) is 0. The van der Waals surface area contributed by atoms with Gasteiger partial charge in [-0.25, -0.2) is 0 Å². The summed E-state index contributed by atoms with van der Waals surface area (Å²) in [4.78, 5) is 0. The third-order valence-electron chi connectivity index (χ3n) is 0. The van der Waals surface area contributed by atoms with Crippen LogP contribution in [-0.2, 0) is 57.3 Å². The summed E-state index contributed by atoms with van der Waals surface area (Å²) in [5.41, 5.74) is 0. The van der Waals surface area contributed by atoms with Gasteiger partial charge in [-0.05, 0) is 0 Å². The summed E-state index contributed by atoms with van der Waals surface area (Å²) in [5.74, 6) is 0. The van der Waals surface area contributed by atoms with Crippen molar-refractivity contribution in [3.63, 3.8) is 0 Å². The molecule has 0 aliphatic rings. The van der Waals surface area contributed by atoms with Crippen molar-refractivity contribution in [2.75, 3.05) is 0 Å². The molecule has 0 rings (SSSR count). The molecule has 4 heavy (non-hydrogen) atoms. The topological polar surface area (TPSA) is 0 Å². The summed E-state index contributed by atoms with van der Waals surface area (Å²) in [6, 6.07) is 0. The van der Waals surface area contributed by atoms with Crippen molar-refractivity contribution in [3.05, 3.63) is 0 Å². The van der Waals surface area contributed by atoms with E-state index in [-0.39, 0.29) is 99.1 Å². The third-order valence-corrected chi connectivity index (χ3v) is 0. The standard InChI is InChI=1S/Ce.Mn.Ti.V. The monoisotopic (exact) mass is 294 g/mol. The van der Waals surface area contributed by atoms with Crippen molar-refractivity contribution in [2.45, 2.75) is 0 Å². The van der Waals surface area contributed by atoms with Gasteiger partial charge in [-0.1, -0.05) is 0 Å². The molecular weight excluding hydrogens is 294 g/mol. The maximum Gasteiger partial charge on any atom is 0 e. The van der Waals surface area contributed by atoms with E-state index in [2.05, 4.69) is 0 Å². The van der Waals surface area contributed by atoms with Crippen LogP contribution in [0.2, 0.25) is 0 Å². The van der Waals surface area contributed by atoms with Gasteiger partial charge >= 0.3 is 0 Å². The Morgan fingerprint density at radius 2 is 1.00 bits per heavy atom. The van der Waals surface area contributed by atoms with E-state index in [0.29, 0.717) is 0 Å². The van der Waals surface area contributed by atoms with Crippen molar-refractivity contribution in [2.24, 2.45) is 0 Å². The summed E-state index contributed by atoms with van der Waals surface area (Å²) in [7, 11) is 0. The van der Waals surface area contributed by atoms with Gasteiger partial charge in [-0.2, -0.15) is 0 Å². The maximum absolute atomic E-state index is 0. The number of rotatable bonds is 0. The minimum Gasteiger partial charge on any atom is 0 e. The molecule has 0 aliphatic heterocycles. The van der Waals surface area contributed by atoms with Crippen LogP contribution in [0, 0.1) is 41.7 Å². The van der Waals surface area contributed by atoms with E-state index in [1.54, 1.807) is 0 Å².